The zero-order valence-corrected chi connectivity index (χ0v) is 16.3. The Hall–Kier alpha value is -2.55. The monoisotopic (exact) mass is 376 g/mol. The van der Waals surface area contributed by atoms with Gasteiger partial charge in [0.15, 0.2) is 5.82 Å². The van der Waals surface area contributed by atoms with Gasteiger partial charge in [-0.2, -0.15) is 0 Å². The summed E-state index contributed by atoms with van der Waals surface area (Å²) in [6.45, 7) is 9.16. The Labute approximate surface area is 156 Å². The number of nitrogens with two attached hydrogens (primary N) is 1. The number of amides is 3. The van der Waals surface area contributed by atoms with E-state index >= 15 is 0 Å². The molecule has 0 unspecified atom stereocenters. The molecular formula is C17H24N6O2S. The van der Waals surface area contributed by atoms with Gasteiger partial charge in [-0.3, -0.25) is 10.1 Å². The molecule has 0 bridgehead atoms. The maximum atomic E-state index is 12.2. The van der Waals surface area contributed by atoms with Crippen molar-refractivity contribution in [2.45, 2.75) is 50.6 Å². The summed E-state index contributed by atoms with van der Waals surface area (Å²) in [6.07, 6.45) is 0. The van der Waals surface area contributed by atoms with Crippen LogP contribution in [0.1, 0.15) is 33.3 Å². The second-order valence-corrected chi connectivity index (χ2v) is 8.30. The number of hydrogen-bond acceptors (Lipinski definition) is 6. The number of nitrogens with one attached hydrogen (secondary N) is 2. The molecule has 8 nitrogen and oxygen atoms in total. The third kappa shape index (κ3) is 5.22. The van der Waals surface area contributed by atoms with E-state index in [0.717, 1.165) is 22.9 Å². The summed E-state index contributed by atoms with van der Waals surface area (Å²) in [5.41, 5.74) is 1.53. The maximum Gasteiger partial charge on any atom is 0.321 e. The molecule has 0 spiro atoms. The van der Waals surface area contributed by atoms with Crippen LogP contribution in [0.5, 0.6) is 0 Å². The molecule has 2 aromatic rings. The number of imide groups is 1. The van der Waals surface area contributed by atoms with Crippen LogP contribution in [0.25, 0.3) is 11.4 Å². The molecule has 2 rings (SSSR count). The van der Waals surface area contributed by atoms with Gasteiger partial charge in [-0.15, -0.1) is 10.2 Å². The Kier molecular flexibility index (Phi) is 5.91. The second-order valence-electron chi connectivity index (χ2n) is 7.00. The summed E-state index contributed by atoms with van der Waals surface area (Å²) in [6, 6.07) is 7.19. The first-order chi connectivity index (χ1) is 12.1. The molecule has 1 aromatic heterocycles. The molecule has 1 aromatic carbocycles. The quantitative estimate of drug-likeness (QED) is 0.556. The van der Waals surface area contributed by atoms with Gasteiger partial charge in [-0.05, 0) is 34.6 Å². The number of carbonyl (C=O) groups is 2. The van der Waals surface area contributed by atoms with Gasteiger partial charge in [0.05, 0.1) is 5.25 Å². The lowest BCUT2D eigenvalue weighted by Crippen LogP contribution is -2.49. The van der Waals surface area contributed by atoms with Gasteiger partial charge in [0.1, 0.15) is 0 Å². The Morgan fingerprint density at radius 1 is 1.19 bits per heavy atom. The minimum atomic E-state index is -0.571. The Balaban J connectivity index is 2.03. The average Bonchev–Trinajstić information content (AvgIpc) is 2.87. The number of thioether (sulfide) groups is 1. The Morgan fingerprint density at radius 2 is 1.81 bits per heavy atom. The van der Waals surface area contributed by atoms with Crippen molar-refractivity contribution in [3.8, 4) is 11.4 Å². The van der Waals surface area contributed by atoms with Crippen LogP contribution in [0.2, 0.25) is 0 Å². The SMILES string of the molecule is Cc1ccc(-c2nnc(S[C@H](C)C(=O)NC(=O)NC(C)(C)C)n2N)cc1. The van der Waals surface area contributed by atoms with Crippen molar-refractivity contribution in [2.75, 3.05) is 5.84 Å². The molecule has 1 atom stereocenters. The first kappa shape index (κ1) is 19.8. The summed E-state index contributed by atoms with van der Waals surface area (Å²) in [7, 11) is 0. The molecule has 140 valence electrons. The number of benzene rings is 1. The van der Waals surface area contributed by atoms with Crippen LogP contribution in [0, 0.1) is 6.92 Å². The molecule has 1 heterocycles. The van der Waals surface area contributed by atoms with Crippen molar-refractivity contribution in [3.63, 3.8) is 0 Å². The summed E-state index contributed by atoms with van der Waals surface area (Å²) >= 11 is 1.13. The number of aromatic nitrogens is 3. The van der Waals surface area contributed by atoms with E-state index in [-0.39, 0.29) is 0 Å². The van der Waals surface area contributed by atoms with E-state index in [2.05, 4.69) is 20.8 Å². The highest BCUT2D eigenvalue weighted by molar-refractivity contribution is 8.00. The molecule has 0 saturated carbocycles. The lowest BCUT2D eigenvalue weighted by molar-refractivity contribution is -0.119. The number of carbonyl (C=O) groups excluding carboxylic acids is 2. The van der Waals surface area contributed by atoms with Gasteiger partial charge in [-0.1, -0.05) is 41.6 Å². The second kappa shape index (κ2) is 7.77. The molecule has 0 aliphatic heterocycles. The standard InChI is InChI=1S/C17H24N6O2S/c1-10-6-8-12(9-7-10)13-21-22-16(23(13)18)26-11(2)14(24)19-15(25)20-17(3,4)5/h6-9,11H,18H2,1-5H3,(H2,19,20,24,25)/t11-/m1/s1. The zero-order chi connectivity index (χ0) is 19.5. The fraction of sp³-hybridized carbons (Fsp3) is 0.412. The number of hydrogen-bond donors (Lipinski definition) is 3. The van der Waals surface area contributed by atoms with Gasteiger partial charge in [0.2, 0.25) is 11.1 Å². The highest BCUT2D eigenvalue weighted by Crippen LogP contribution is 2.24. The molecule has 0 saturated heterocycles. The predicted molar refractivity (Wildman–Crippen MR) is 102 cm³/mol. The third-order valence-electron chi connectivity index (χ3n) is 3.35. The predicted octanol–water partition coefficient (Wildman–Crippen LogP) is 2.07. The fourth-order valence-corrected chi connectivity index (χ4v) is 2.82. The molecule has 0 fully saturated rings. The van der Waals surface area contributed by atoms with Crippen LogP contribution < -0.4 is 16.5 Å². The van der Waals surface area contributed by atoms with E-state index in [1.807, 2.05) is 52.0 Å². The fourth-order valence-electron chi connectivity index (χ4n) is 2.05. The number of nitrogen functional groups attached to an aromatic ring is 1. The van der Waals surface area contributed by atoms with Crippen molar-refractivity contribution < 1.29 is 9.59 Å². The van der Waals surface area contributed by atoms with E-state index in [9.17, 15) is 9.59 Å². The van der Waals surface area contributed by atoms with Crippen molar-refractivity contribution >= 4 is 23.7 Å². The van der Waals surface area contributed by atoms with Crippen LogP contribution >= 0.6 is 11.8 Å². The van der Waals surface area contributed by atoms with Crippen molar-refractivity contribution in [1.29, 1.82) is 0 Å². The summed E-state index contributed by atoms with van der Waals surface area (Å²) in [5, 5.41) is 12.9. The minimum absolute atomic E-state index is 0.388. The minimum Gasteiger partial charge on any atom is -0.335 e. The van der Waals surface area contributed by atoms with Crippen molar-refractivity contribution in [2.24, 2.45) is 0 Å². The summed E-state index contributed by atoms with van der Waals surface area (Å²) < 4.78 is 1.34. The van der Waals surface area contributed by atoms with Gasteiger partial charge >= 0.3 is 6.03 Å². The van der Waals surface area contributed by atoms with Crippen molar-refractivity contribution in [3.05, 3.63) is 29.8 Å². The topological polar surface area (TPSA) is 115 Å². The first-order valence-corrected chi connectivity index (χ1v) is 9.02. The molecule has 3 amide bonds. The Bertz CT molecular complexity index is 795. The van der Waals surface area contributed by atoms with Gasteiger partial charge < -0.3 is 11.2 Å². The van der Waals surface area contributed by atoms with Crippen LogP contribution in [0.15, 0.2) is 29.4 Å². The molecular weight excluding hydrogens is 352 g/mol. The van der Waals surface area contributed by atoms with Gasteiger partial charge in [0, 0.05) is 11.1 Å². The maximum absolute atomic E-state index is 12.2. The molecule has 0 radical (unpaired) electrons. The average molecular weight is 376 g/mol. The summed E-state index contributed by atoms with van der Waals surface area (Å²) in [4.78, 5) is 24.0. The molecule has 9 heteroatoms. The first-order valence-electron chi connectivity index (χ1n) is 8.14. The van der Waals surface area contributed by atoms with Crippen LogP contribution in [-0.4, -0.2) is 37.6 Å². The highest BCUT2D eigenvalue weighted by Gasteiger charge is 2.23. The highest BCUT2D eigenvalue weighted by atomic mass is 32.2. The normalized spacial score (nSPS) is 12.5. The largest absolute Gasteiger partial charge is 0.335 e. The molecule has 4 N–H and O–H groups in total. The van der Waals surface area contributed by atoms with E-state index in [1.165, 1.54) is 4.68 Å². The van der Waals surface area contributed by atoms with Crippen LogP contribution in [0.3, 0.4) is 0 Å². The molecule has 26 heavy (non-hydrogen) atoms. The van der Waals surface area contributed by atoms with E-state index in [4.69, 9.17) is 5.84 Å². The van der Waals surface area contributed by atoms with E-state index in [0.29, 0.717) is 11.0 Å². The third-order valence-corrected chi connectivity index (χ3v) is 4.41. The summed E-state index contributed by atoms with van der Waals surface area (Å²) in [5.74, 6) is 6.14. The van der Waals surface area contributed by atoms with E-state index < -0.39 is 22.7 Å². The van der Waals surface area contributed by atoms with Crippen molar-refractivity contribution in [1.82, 2.24) is 25.5 Å². The number of aryl methyl sites for hydroxylation is 1. The Morgan fingerprint density at radius 3 is 2.38 bits per heavy atom. The van der Waals surface area contributed by atoms with Gasteiger partial charge in [0.25, 0.3) is 0 Å². The molecule has 0 aliphatic carbocycles. The smallest absolute Gasteiger partial charge is 0.321 e. The number of rotatable bonds is 4. The van der Waals surface area contributed by atoms with Crippen LogP contribution in [-0.2, 0) is 4.79 Å². The number of nitrogens with zero attached hydrogens (tertiary/aromatic N) is 3. The molecule has 0 aliphatic rings. The van der Waals surface area contributed by atoms with Crippen LogP contribution in [0.4, 0.5) is 4.79 Å². The van der Waals surface area contributed by atoms with E-state index in [1.54, 1.807) is 6.92 Å². The zero-order valence-electron chi connectivity index (χ0n) is 15.5. The number of urea groups is 1. The lowest BCUT2D eigenvalue weighted by atomic mass is 10.1. The lowest BCUT2D eigenvalue weighted by Gasteiger charge is -2.21. The van der Waals surface area contributed by atoms with Gasteiger partial charge in [-0.25, -0.2) is 9.47 Å².